The van der Waals surface area contributed by atoms with Gasteiger partial charge in [-0.2, -0.15) is 0 Å². The van der Waals surface area contributed by atoms with Crippen LogP contribution < -0.4 is 5.73 Å². The first-order chi connectivity index (χ1) is 25.7. The van der Waals surface area contributed by atoms with Crippen molar-refractivity contribution in [1.82, 2.24) is 0 Å². The minimum absolute atomic E-state index is 0.00849. The van der Waals surface area contributed by atoms with Gasteiger partial charge in [-0.15, -0.1) is 0 Å². The summed E-state index contributed by atoms with van der Waals surface area (Å²) in [7, 11) is -4.65. The largest absolute Gasteiger partial charge is 0.480 e. The van der Waals surface area contributed by atoms with Crippen molar-refractivity contribution in [2.75, 3.05) is 26.4 Å². The van der Waals surface area contributed by atoms with Crippen LogP contribution in [0.4, 0.5) is 0 Å². The van der Waals surface area contributed by atoms with E-state index in [1.807, 2.05) is 12.2 Å². The molecule has 53 heavy (non-hydrogen) atoms. The maximum atomic E-state index is 12.5. The number of carboxylic acids is 1. The first kappa shape index (κ1) is 49.9. The van der Waals surface area contributed by atoms with Gasteiger partial charge in [-0.25, -0.2) is 4.57 Å². The number of ether oxygens (including phenoxy) is 2. The average molecular weight is 762 g/mol. The lowest BCUT2D eigenvalue weighted by molar-refractivity contribution is -0.153. The number of esters is 1. The lowest BCUT2D eigenvalue weighted by Gasteiger charge is -2.20. The molecule has 0 bridgehead atoms. The van der Waals surface area contributed by atoms with Gasteiger partial charge in [0.1, 0.15) is 12.1 Å². The highest BCUT2D eigenvalue weighted by Crippen LogP contribution is 2.43. The highest BCUT2D eigenvalue weighted by Gasteiger charge is 2.27. The van der Waals surface area contributed by atoms with Gasteiger partial charge in [-0.1, -0.05) is 137 Å². The zero-order chi connectivity index (χ0) is 39.1. The van der Waals surface area contributed by atoms with Crippen molar-refractivity contribution >= 4 is 19.8 Å². The number of carboxylic acid groups (broad SMARTS) is 1. The van der Waals surface area contributed by atoms with Gasteiger partial charge in [0.05, 0.1) is 26.2 Å². The third-order valence-electron chi connectivity index (χ3n) is 7.39. The molecule has 3 unspecified atom stereocenters. The molecule has 0 aliphatic rings. The predicted molar refractivity (Wildman–Crippen MR) is 216 cm³/mol. The topological polar surface area (TPSA) is 155 Å². The highest BCUT2D eigenvalue weighted by atomic mass is 31.2. The van der Waals surface area contributed by atoms with Gasteiger partial charge >= 0.3 is 19.8 Å². The summed E-state index contributed by atoms with van der Waals surface area (Å²) < 4.78 is 33.1. The van der Waals surface area contributed by atoms with Crippen LogP contribution in [0.15, 0.2) is 97.2 Å². The minimum atomic E-state index is -4.65. The summed E-state index contributed by atoms with van der Waals surface area (Å²) in [6.07, 6.45) is 47.8. The van der Waals surface area contributed by atoms with E-state index in [0.717, 1.165) is 77.0 Å². The number of carbonyl (C=O) groups excluding carboxylic acids is 1. The number of phosphoric acid groups is 1. The Hall–Kier alpha value is -3.11. The Labute approximate surface area is 319 Å². The summed E-state index contributed by atoms with van der Waals surface area (Å²) in [6.45, 7) is 3.46. The Kier molecular flexibility index (Phi) is 35.0. The van der Waals surface area contributed by atoms with Gasteiger partial charge in [0, 0.05) is 6.61 Å². The summed E-state index contributed by atoms with van der Waals surface area (Å²) in [6, 6.07) is -1.49. The monoisotopic (exact) mass is 761 g/mol. The number of allylic oxidation sites excluding steroid dienone is 15. The fourth-order valence-corrected chi connectivity index (χ4v) is 5.23. The Bertz CT molecular complexity index is 1200. The van der Waals surface area contributed by atoms with Crippen LogP contribution in [0.25, 0.3) is 0 Å². The summed E-state index contributed by atoms with van der Waals surface area (Å²) in [5, 5.41) is 8.87. The molecule has 0 amide bonds. The normalized spacial score (nSPS) is 15.1. The second-order valence-corrected chi connectivity index (χ2v) is 13.8. The van der Waals surface area contributed by atoms with Gasteiger partial charge in [-0.05, 0) is 70.6 Å². The Morgan fingerprint density at radius 2 is 1.04 bits per heavy atom. The molecule has 0 aromatic carbocycles. The van der Waals surface area contributed by atoms with Crippen LogP contribution in [0.1, 0.15) is 117 Å². The van der Waals surface area contributed by atoms with E-state index in [9.17, 15) is 19.0 Å². The van der Waals surface area contributed by atoms with Gasteiger partial charge in [0.2, 0.25) is 0 Å². The molecule has 11 heteroatoms. The number of hydrogen-bond donors (Lipinski definition) is 3. The van der Waals surface area contributed by atoms with Gasteiger partial charge in [0.15, 0.2) is 0 Å². The van der Waals surface area contributed by atoms with Gasteiger partial charge < -0.3 is 25.2 Å². The fourth-order valence-electron chi connectivity index (χ4n) is 4.46. The van der Waals surface area contributed by atoms with E-state index in [2.05, 4.69) is 97.4 Å². The smallest absolute Gasteiger partial charge is 0.472 e. The van der Waals surface area contributed by atoms with Crippen molar-refractivity contribution in [3.05, 3.63) is 97.2 Å². The van der Waals surface area contributed by atoms with Crippen molar-refractivity contribution in [2.45, 2.75) is 129 Å². The van der Waals surface area contributed by atoms with E-state index >= 15 is 0 Å². The van der Waals surface area contributed by atoms with Crippen LogP contribution in [0.5, 0.6) is 0 Å². The van der Waals surface area contributed by atoms with E-state index in [4.69, 9.17) is 24.8 Å². The van der Waals surface area contributed by atoms with Gasteiger partial charge in [0.25, 0.3) is 0 Å². The van der Waals surface area contributed by atoms with Crippen molar-refractivity contribution in [1.29, 1.82) is 0 Å². The summed E-state index contributed by atoms with van der Waals surface area (Å²) in [5.41, 5.74) is 5.33. The predicted octanol–water partition coefficient (Wildman–Crippen LogP) is 10.2. The molecule has 0 saturated heterocycles. The number of aliphatic carboxylic acids is 1. The molecule has 0 fully saturated rings. The van der Waals surface area contributed by atoms with Crippen LogP contribution in [0.3, 0.4) is 0 Å². The average Bonchev–Trinajstić information content (AvgIpc) is 3.13. The molecule has 4 N–H and O–H groups in total. The first-order valence-corrected chi connectivity index (χ1v) is 20.8. The molecular weight excluding hydrogens is 693 g/mol. The summed E-state index contributed by atoms with van der Waals surface area (Å²) in [4.78, 5) is 33.4. The molecule has 0 radical (unpaired) electrons. The molecule has 0 aromatic rings. The van der Waals surface area contributed by atoms with Crippen molar-refractivity contribution < 1.29 is 42.7 Å². The van der Waals surface area contributed by atoms with Crippen LogP contribution in [-0.2, 0) is 32.7 Å². The number of carbonyl (C=O) groups is 2. The molecule has 0 heterocycles. The SMILES string of the molecule is CC/C=C\C/C=C\C/C=C\C/C=C\C/C=C\CC(=O)OC(COCCCCCCCC/C=C\C/C=C\C/C=C\CC)COP(=O)(O)OCC(N)C(=O)O. The first-order valence-electron chi connectivity index (χ1n) is 19.3. The zero-order valence-corrected chi connectivity index (χ0v) is 33.2. The molecule has 0 spiro atoms. The molecule has 0 aliphatic carbocycles. The maximum absolute atomic E-state index is 12.5. The van der Waals surface area contributed by atoms with E-state index in [-0.39, 0.29) is 13.0 Å². The second kappa shape index (κ2) is 37.2. The highest BCUT2D eigenvalue weighted by molar-refractivity contribution is 7.47. The summed E-state index contributed by atoms with van der Waals surface area (Å²) >= 11 is 0. The molecule has 3 atom stereocenters. The lowest BCUT2D eigenvalue weighted by Crippen LogP contribution is -2.34. The Morgan fingerprint density at radius 3 is 1.55 bits per heavy atom. The molecule has 0 aromatic heterocycles. The van der Waals surface area contributed by atoms with Crippen LogP contribution in [0, 0.1) is 0 Å². The maximum Gasteiger partial charge on any atom is 0.472 e. The Balaban J connectivity index is 4.49. The number of nitrogens with two attached hydrogens (primary N) is 1. The number of unbranched alkanes of at least 4 members (excludes halogenated alkanes) is 6. The number of rotatable bonds is 35. The van der Waals surface area contributed by atoms with Crippen molar-refractivity contribution in [3.8, 4) is 0 Å². The molecule has 0 aliphatic heterocycles. The zero-order valence-electron chi connectivity index (χ0n) is 32.3. The third-order valence-corrected chi connectivity index (χ3v) is 8.34. The van der Waals surface area contributed by atoms with Crippen molar-refractivity contribution in [3.63, 3.8) is 0 Å². The standard InChI is InChI=1S/C42H68NO9P/c1-3-5-7-9-11-13-15-17-19-21-23-25-27-29-31-33-35-49-36-39(37-50-53(47,48)51-38-40(43)42(45)46)52-41(44)34-32-30-28-26-24-22-20-18-16-14-12-10-8-6-4-2/h5-8,11-14,17-20,24,26,30,32,39-40H,3-4,9-10,15-16,21-23,25,27-29,31,33-38,43H2,1-2H3,(H,45,46)(H,47,48)/b7-5-,8-6-,13-11-,14-12-,19-17-,20-18-,26-24-,32-30-. The quantitative estimate of drug-likeness (QED) is 0.0246. The minimum Gasteiger partial charge on any atom is -0.480 e. The molecule has 0 saturated carbocycles. The second-order valence-electron chi connectivity index (χ2n) is 12.3. The van der Waals surface area contributed by atoms with E-state index in [1.54, 1.807) is 6.08 Å². The fraction of sp³-hybridized carbons (Fsp3) is 0.571. The van der Waals surface area contributed by atoms with E-state index in [0.29, 0.717) is 13.0 Å². The van der Waals surface area contributed by atoms with Crippen LogP contribution in [-0.4, -0.2) is 60.5 Å². The summed E-state index contributed by atoms with van der Waals surface area (Å²) in [5.74, 6) is -1.93. The third kappa shape index (κ3) is 37.0. The van der Waals surface area contributed by atoms with Crippen LogP contribution in [0.2, 0.25) is 0 Å². The molecule has 10 nitrogen and oxygen atoms in total. The molecule has 300 valence electrons. The number of hydrogen-bond acceptors (Lipinski definition) is 8. The van der Waals surface area contributed by atoms with Gasteiger partial charge in [-0.3, -0.25) is 18.6 Å². The van der Waals surface area contributed by atoms with Crippen molar-refractivity contribution in [2.24, 2.45) is 5.73 Å². The lowest BCUT2D eigenvalue weighted by atomic mass is 10.1. The molecule has 0 rings (SSSR count). The Morgan fingerprint density at radius 1 is 0.604 bits per heavy atom. The number of phosphoric ester groups is 1. The van der Waals surface area contributed by atoms with E-state index < -0.39 is 45.1 Å². The van der Waals surface area contributed by atoms with Crippen LogP contribution >= 0.6 is 7.82 Å². The molecular formula is C42H68NO9P. The van der Waals surface area contributed by atoms with E-state index in [1.165, 1.54) is 12.8 Å².